The van der Waals surface area contributed by atoms with Crippen molar-refractivity contribution in [2.75, 3.05) is 20.1 Å². The Morgan fingerprint density at radius 2 is 1.95 bits per heavy atom. The van der Waals surface area contributed by atoms with E-state index in [1.165, 1.54) is 11.1 Å². The second kappa shape index (κ2) is 7.78. The molecule has 3 heteroatoms. The lowest BCUT2D eigenvalue weighted by atomic mass is 10.0. The summed E-state index contributed by atoms with van der Waals surface area (Å²) in [6, 6.07) is 15.2. The van der Waals surface area contributed by atoms with Gasteiger partial charge in [0, 0.05) is 31.5 Å². The van der Waals surface area contributed by atoms with Gasteiger partial charge in [0.05, 0.1) is 0 Å². The summed E-state index contributed by atoms with van der Waals surface area (Å²) >= 11 is 0. The van der Waals surface area contributed by atoms with Crippen molar-refractivity contribution in [3.05, 3.63) is 66.0 Å². The molecule has 1 heterocycles. The van der Waals surface area contributed by atoms with E-state index in [0.29, 0.717) is 6.04 Å². The van der Waals surface area contributed by atoms with Crippen molar-refractivity contribution < 1.29 is 0 Å². The molecule has 0 aliphatic rings. The fraction of sp³-hybridized carbons (Fsp3) is 0.353. The van der Waals surface area contributed by atoms with Crippen molar-refractivity contribution in [1.82, 2.24) is 15.2 Å². The lowest BCUT2D eigenvalue weighted by molar-refractivity contribution is 0.230. The summed E-state index contributed by atoms with van der Waals surface area (Å²) in [7, 11) is 2.17. The van der Waals surface area contributed by atoms with E-state index in [0.717, 1.165) is 19.6 Å². The van der Waals surface area contributed by atoms with Gasteiger partial charge in [0.15, 0.2) is 0 Å². The number of hydrogen-bond acceptors (Lipinski definition) is 3. The molecule has 1 aromatic carbocycles. The summed E-state index contributed by atoms with van der Waals surface area (Å²) < 4.78 is 0. The summed E-state index contributed by atoms with van der Waals surface area (Å²) in [6.45, 7) is 4.99. The second-order valence-corrected chi connectivity index (χ2v) is 5.01. The van der Waals surface area contributed by atoms with Gasteiger partial charge in [0.1, 0.15) is 0 Å². The van der Waals surface area contributed by atoms with E-state index >= 15 is 0 Å². The van der Waals surface area contributed by atoms with Crippen molar-refractivity contribution in [2.45, 2.75) is 19.5 Å². The Labute approximate surface area is 121 Å². The summed E-state index contributed by atoms with van der Waals surface area (Å²) in [5.41, 5.74) is 2.59. The molecule has 0 fully saturated rings. The normalized spacial score (nSPS) is 12.6. The topological polar surface area (TPSA) is 28.2 Å². The van der Waals surface area contributed by atoms with Gasteiger partial charge in [-0.3, -0.25) is 9.88 Å². The minimum absolute atomic E-state index is 0.372. The zero-order valence-corrected chi connectivity index (χ0v) is 12.3. The van der Waals surface area contributed by atoms with Crippen molar-refractivity contribution in [1.29, 1.82) is 0 Å². The maximum atomic E-state index is 4.19. The highest BCUT2D eigenvalue weighted by Crippen LogP contribution is 2.20. The molecule has 3 nitrogen and oxygen atoms in total. The van der Waals surface area contributed by atoms with Gasteiger partial charge < -0.3 is 5.32 Å². The van der Waals surface area contributed by atoms with Crippen LogP contribution in [0.15, 0.2) is 54.9 Å². The van der Waals surface area contributed by atoms with Crippen LogP contribution in [0.25, 0.3) is 0 Å². The predicted octanol–water partition coefficient (Wildman–Crippen LogP) is 2.86. The molecular formula is C17H23N3. The summed E-state index contributed by atoms with van der Waals surface area (Å²) in [5.74, 6) is 0. The van der Waals surface area contributed by atoms with Crippen LogP contribution in [0.4, 0.5) is 0 Å². The number of pyridine rings is 1. The third-order valence-corrected chi connectivity index (χ3v) is 3.46. The lowest BCUT2D eigenvalue weighted by Gasteiger charge is -2.28. The van der Waals surface area contributed by atoms with Crippen LogP contribution in [0.3, 0.4) is 0 Å². The molecule has 2 aromatic rings. The predicted molar refractivity (Wildman–Crippen MR) is 83.4 cm³/mol. The van der Waals surface area contributed by atoms with Gasteiger partial charge in [-0.15, -0.1) is 0 Å². The average molecular weight is 269 g/mol. The van der Waals surface area contributed by atoms with Crippen LogP contribution in [-0.2, 0) is 6.54 Å². The van der Waals surface area contributed by atoms with Crippen LogP contribution in [0.5, 0.6) is 0 Å². The van der Waals surface area contributed by atoms with Crippen molar-refractivity contribution in [3.63, 3.8) is 0 Å². The Bertz CT molecular complexity index is 484. The minimum Gasteiger partial charge on any atom is -0.315 e. The molecule has 0 amide bonds. The molecule has 0 saturated carbocycles. The zero-order valence-electron chi connectivity index (χ0n) is 12.3. The second-order valence-electron chi connectivity index (χ2n) is 5.01. The van der Waals surface area contributed by atoms with E-state index in [9.17, 15) is 0 Å². The number of likely N-dealkylation sites (N-methyl/N-ethyl adjacent to an activating group) is 2. The standard InChI is InChI=1S/C17H23N3/c1-3-18-13-17(16-9-5-4-6-10-16)20(2)14-15-8-7-11-19-12-15/h4-12,17-18H,3,13-14H2,1-2H3. The third-order valence-electron chi connectivity index (χ3n) is 3.46. The zero-order chi connectivity index (χ0) is 14.2. The first-order valence-electron chi connectivity index (χ1n) is 7.16. The lowest BCUT2D eigenvalue weighted by Crippen LogP contribution is -2.33. The van der Waals surface area contributed by atoms with Crippen LogP contribution in [0.2, 0.25) is 0 Å². The SMILES string of the molecule is CCNCC(c1ccccc1)N(C)Cc1cccnc1. The first-order chi connectivity index (χ1) is 9.81. The van der Waals surface area contributed by atoms with Gasteiger partial charge in [-0.2, -0.15) is 0 Å². The number of aromatic nitrogens is 1. The van der Waals surface area contributed by atoms with Gasteiger partial charge in [-0.05, 0) is 30.8 Å². The number of nitrogens with one attached hydrogen (secondary N) is 1. The molecule has 0 saturated heterocycles. The van der Waals surface area contributed by atoms with Crippen molar-refractivity contribution in [3.8, 4) is 0 Å². The molecule has 2 rings (SSSR count). The molecule has 0 spiro atoms. The molecule has 1 atom stereocenters. The van der Waals surface area contributed by atoms with Gasteiger partial charge in [0.25, 0.3) is 0 Å². The molecule has 20 heavy (non-hydrogen) atoms. The summed E-state index contributed by atoms with van der Waals surface area (Å²) in [5, 5.41) is 3.46. The van der Waals surface area contributed by atoms with E-state index in [1.54, 1.807) is 0 Å². The number of benzene rings is 1. The molecular weight excluding hydrogens is 246 g/mol. The quantitative estimate of drug-likeness (QED) is 0.837. The van der Waals surface area contributed by atoms with E-state index in [2.05, 4.69) is 65.6 Å². The van der Waals surface area contributed by atoms with Crippen LogP contribution < -0.4 is 5.32 Å². The first-order valence-corrected chi connectivity index (χ1v) is 7.16. The highest BCUT2D eigenvalue weighted by Gasteiger charge is 2.16. The number of nitrogens with zero attached hydrogens (tertiary/aromatic N) is 2. The molecule has 0 aliphatic heterocycles. The Kier molecular flexibility index (Phi) is 5.71. The first kappa shape index (κ1) is 14.7. The number of hydrogen-bond donors (Lipinski definition) is 1. The van der Waals surface area contributed by atoms with E-state index < -0.39 is 0 Å². The molecule has 0 aliphatic carbocycles. The maximum absolute atomic E-state index is 4.19. The van der Waals surface area contributed by atoms with E-state index in [1.807, 2.05) is 18.5 Å². The van der Waals surface area contributed by atoms with Crippen LogP contribution in [-0.4, -0.2) is 30.0 Å². The molecule has 0 bridgehead atoms. The van der Waals surface area contributed by atoms with Gasteiger partial charge in [-0.25, -0.2) is 0 Å². The van der Waals surface area contributed by atoms with Crippen molar-refractivity contribution in [2.24, 2.45) is 0 Å². The summed E-state index contributed by atoms with van der Waals surface area (Å²) in [6.07, 6.45) is 3.75. The van der Waals surface area contributed by atoms with E-state index in [-0.39, 0.29) is 0 Å². The maximum Gasteiger partial charge on any atom is 0.0473 e. The fourth-order valence-electron chi connectivity index (χ4n) is 2.37. The van der Waals surface area contributed by atoms with Gasteiger partial charge in [0.2, 0.25) is 0 Å². The highest BCUT2D eigenvalue weighted by molar-refractivity contribution is 5.20. The Hall–Kier alpha value is -1.71. The molecule has 1 aromatic heterocycles. The Morgan fingerprint density at radius 3 is 2.60 bits per heavy atom. The van der Waals surface area contributed by atoms with Gasteiger partial charge in [-0.1, -0.05) is 43.3 Å². The molecule has 106 valence electrons. The highest BCUT2D eigenvalue weighted by atomic mass is 15.1. The van der Waals surface area contributed by atoms with Gasteiger partial charge >= 0.3 is 0 Å². The fourth-order valence-corrected chi connectivity index (χ4v) is 2.37. The average Bonchev–Trinajstić information content (AvgIpc) is 2.50. The largest absolute Gasteiger partial charge is 0.315 e. The van der Waals surface area contributed by atoms with E-state index in [4.69, 9.17) is 0 Å². The molecule has 1 N–H and O–H groups in total. The monoisotopic (exact) mass is 269 g/mol. The summed E-state index contributed by atoms with van der Waals surface area (Å²) in [4.78, 5) is 6.56. The Balaban J connectivity index is 2.10. The number of rotatable bonds is 7. The van der Waals surface area contributed by atoms with Crippen LogP contribution >= 0.6 is 0 Å². The smallest absolute Gasteiger partial charge is 0.0473 e. The minimum atomic E-state index is 0.372. The molecule has 0 radical (unpaired) electrons. The van der Waals surface area contributed by atoms with Crippen LogP contribution in [0.1, 0.15) is 24.1 Å². The van der Waals surface area contributed by atoms with Crippen LogP contribution in [0, 0.1) is 0 Å². The molecule has 1 unspecified atom stereocenters. The third kappa shape index (κ3) is 4.15. The van der Waals surface area contributed by atoms with Crippen molar-refractivity contribution >= 4 is 0 Å². The Morgan fingerprint density at radius 1 is 1.15 bits per heavy atom.